The average molecular weight is 394 g/mol. The van der Waals surface area contributed by atoms with Crippen molar-refractivity contribution in [2.75, 3.05) is 48.3 Å². The lowest BCUT2D eigenvalue weighted by atomic mass is 10.2. The molecule has 4 rings (SSSR count). The lowest BCUT2D eigenvalue weighted by Crippen LogP contribution is -2.44. The van der Waals surface area contributed by atoms with E-state index in [0.717, 1.165) is 31.7 Å². The second-order valence-electron chi connectivity index (χ2n) is 7.09. The van der Waals surface area contributed by atoms with E-state index in [2.05, 4.69) is 42.6 Å². The van der Waals surface area contributed by atoms with Crippen LogP contribution in [0.15, 0.2) is 36.5 Å². The zero-order valence-electron chi connectivity index (χ0n) is 16.7. The number of hydrogen-bond donors (Lipinski definition) is 3. The summed E-state index contributed by atoms with van der Waals surface area (Å²) in [4.78, 5) is 22.4. The fourth-order valence-corrected chi connectivity index (χ4v) is 3.19. The zero-order valence-corrected chi connectivity index (χ0v) is 16.7. The largest absolute Gasteiger partial charge is 0.374 e. The molecule has 0 spiro atoms. The summed E-state index contributed by atoms with van der Waals surface area (Å²) in [5, 5.41) is 16.7. The van der Waals surface area contributed by atoms with Crippen molar-refractivity contribution in [1.82, 2.24) is 25.3 Å². The number of fused-ring (bicyclic) bond motifs is 1. The molecule has 9 heteroatoms. The number of nitrogens with zero attached hydrogens (tertiary/aromatic N) is 6. The maximum absolute atomic E-state index is 10.1. The summed E-state index contributed by atoms with van der Waals surface area (Å²) in [5.74, 6) is 1.83. The Labute approximate surface area is 169 Å². The quantitative estimate of drug-likeness (QED) is 0.533. The van der Waals surface area contributed by atoms with Crippen molar-refractivity contribution in [1.29, 1.82) is 0 Å². The number of aliphatic hydroxyl groups excluding tert-OH is 1. The molecular weight excluding hydrogens is 368 g/mol. The van der Waals surface area contributed by atoms with Crippen LogP contribution in [0.3, 0.4) is 0 Å². The Morgan fingerprint density at radius 2 is 1.93 bits per heavy atom. The van der Waals surface area contributed by atoms with Crippen molar-refractivity contribution >= 4 is 28.7 Å². The Bertz CT molecular complexity index is 959. The van der Waals surface area contributed by atoms with Gasteiger partial charge in [0.25, 0.3) is 0 Å². The molecule has 1 fully saturated rings. The monoisotopic (exact) mass is 394 g/mol. The highest BCUT2D eigenvalue weighted by molar-refractivity contribution is 5.85. The van der Waals surface area contributed by atoms with E-state index < -0.39 is 6.23 Å². The van der Waals surface area contributed by atoms with Gasteiger partial charge in [-0.15, -0.1) is 0 Å². The number of aromatic nitrogens is 4. The summed E-state index contributed by atoms with van der Waals surface area (Å²) < 4.78 is 0. The van der Waals surface area contributed by atoms with Gasteiger partial charge < -0.3 is 25.5 Å². The molecule has 2 aromatic heterocycles. The topological polar surface area (TPSA) is 102 Å². The number of nitrogens with one attached hydrogen (secondary N) is 2. The molecule has 152 valence electrons. The highest BCUT2D eigenvalue weighted by Gasteiger charge is 2.21. The van der Waals surface area contributed by atoms with Crippen LogP contribution in [-0.2, 0) is 6.54 Å². The molecule has 1 unspecified atom stereocenters. The van der Waals surface area contributed by atoms with Crippen LogP contribution in [0.25, 0.3) is 11.2 Å². The van der Waals surface area contributed by atoms with Crippen LogP contribution in [0.5, 0.6) is 0 Å². The van der Waals surface area contributed by atoms with Gasteiger partial charge >= 0.3 is 0 Å². The smallest absolute Gasteiger partial charge is 0.229 e. The summed E-state index contributed by atoms with van der Waals surface area (Å²) in [6.07, 6.45) is 0.972. The van der Waals surface area contributed by atoms with Crippen LogP contribution in [0.2, 0.25) is 0 Å². The van der Waals surface area contributed by atoms with E-state index in [1.807, 2.05) is 18.2 Å². The summed E-state index contributed by atoms with van der Waals surface area (Å²) in [6, 6.07) is 10.1. The maximum atomic E-state index is 10.1. The van der Waals surface area contributed by atoms with Crippen LogP contribution in [0, 0.1) is 0 Å². The van der Waals surface area contributed by atoms with Crippen LogP contribution in [-0.4, -0.2) is 64.5 Å². The van der Waals surface area contributed by atoms with Crippen LogP contribution < -0.4 is 20.4 Å². The number of hydrogen-bond acceptors (Lipinski definition) is 9. The summed E-state index contributed by atoms with van der Waals surface area (Å²) in [6.45, 7) is 5.75. The van der Waals surface area contributed by atoms with Gasteiger partial charge in [0.1, 0.15) is 12.0 Å². The number of anilines is 3. The number of benzene rings is 1. The molecule has 3 aromatic rings. The van der Waals surface area contributed by atoms with Crippen molar-refractivity contribution in [3.05, 3.63) is 42.1 Å². The second-order valence-corrected chi connectivity index (χ2v) is 7.09. The molecule has 0 bridgehead atoms. The van der Waals surface area contributed by atoms with Gasteiger partial charge in [0.2, 0.25) is 5.95 Å². The van der Waals surface area contributed by atoms with Gasteiger partial charge in [-0.3, -0.25) is 0 Å². The highest BCUT2D eigenvalue weighted by Crippen LogP contribution is 2.25. The molecule has 0 radical (unpaired) electrons. The summed E-state index contributed by atoms with van der Waals surface area (Å²) in [7, 11) is 1.79. The van der Waals surface area contributed by atoms with Crippen LogP contribution >= 0.6 is 0 Å². The standard InChI is InChI=1S/C20H26N8O/c1-14(29)27(2)19-17-18(25-20(26-19)28-10-8-21-9-11-28)24-16(13-23-17)22-12-15-6-4-3-5-7-15/h3-7,13-14,21,29H,8-12H2,1-2H3,(H,22,24,25,26). The molecule has 1 saturated heterocycles. The minimum atomic E-state index is -0.707. The molecule has 1 aliphatic rings. The normalized spacial score (nSPS) is 15.3. The van der Waals surface area contributed by atoms with E-state index in [0.29, 0.717) is 35.3 Å². The first-order valence-corrected chi connectivity index (χ1v) is 9.81. The molecule has 29 heavy (non-hydrogen) atoms. The van der Waals surface area contributed by atoms with Crippen molar-refractivity contribution in [2.45, 2.75) is 19.7 Å². The van der Waals surface area contributed by atoms with Gasteiger partial charge in [0.15, 0.2) is 17.0 Å². The van der Waals surface area contributed by atoms with Gasteiger partial charge in [-0.25, -0.2) is 9.97 Å². The first kappa shape index (κ1) is 19.3. The van der Waals surface area contributed by atoms with Gasteiger partial charge in [-0.2, -0.15) is 9.97 Å². The number of aliphatic hydroxyl groups is 1. The molecule has 9 nitrogen and oxygen atoms in total. The van der Waals surface area contributed by atoms with Crippen molar-refractivity contribution in [2.24, 2.45) is 0 Å². The molecule has 1 aromatic carbocycles. The first-order chi connectivity index (χ1) is 14.1. The Balaban J connectivity index is 1.69. The minimum Gasteiger partial charge on any atom is -0.374 e. The molecule has 0 amide bonds. The van der Waals surface area contributed by atoms with E-state index in [1.165, 1.54) is 0 Å². The number of rotatable bonds is 6. The van der Waals surface area contributed by atoms with E-state index in [4.69, 9.17) is 4.98 Å². The van der Waals surface area contributed by atoms with E-state index in [1.54, 1.807) is 25.1 Å². The molecule has 0 aliphatic carbocycles. The lowest BCUT2D eigenvalue weighted by Gasteiger charge is -2.29. The van der Waals surface area contributed by atoms with Gasteiger partial charge in [-0.05, 0) is 12.5 Å². The molecule has 1 aliphatic heterocycles. The lowest BCUT2D eigenvalue weighted by molar-refractivity contribution is 0.194. The predicted molar refractivity (Wildman–Crippen MR) is 114 cm³/mol. The van der Waals surface area contributed by atoms with Gasteiger partial charge in [-0.1, -0.05) is 30.3 Å². The molecular formula is C20H26N8O. The Kier molecular flexibility index (Phi) is 5.68. The van der Waals surface area contributed by atoms with E-state index >= 15 is 0 Å². The summed E-state index contributed by atoms with van der Waals surface area (Å²) >= 11 is 0. The average Bonchev–Trinajstić information content (AvgIpc) is 2.77. The van der Waals surface area contributed by atoms with E-state index in [-0.39, 0.29) is 0 Å². The van der Waals surface area contributed by atoms with Gasteiger partial charge in [0.05, 0.1) is 6.20 Å². The van der Waals surface area contributed by atoms with Gasteiger partial charge in [0, 0.05) is 39.8 Å². The molecule has 3 heterocycles. The third-order valence-electron chi connectivity index (χ3n) is 4.99. The van der Waals surface area contributed by atoms with Crippen LogP contribution in [0.1, 0.15) is 12.5 Å². The third kappa shape index (κ3) is 4.36. The predicted octanol–water partition coefficient (Wildman–Crippen LogP) is 1.22. The fourth-order valence-electron chi connectivity index (χ4n) is 3.19. The van der Waals surface area contributed by atoms with Crippen molar-refractivity contribution < 1.29 is 5.11 Å². The fraction of sp³-hybridized carbons (Fsp3) is 0.400. The molecule has 0 saturated carbocycles. The van der Waals surface area contributed by atoms with Crippen molar-refractivity contribution in [3.63, 3.8) is 0 Å². The zero-order chi connectivity index (χ0) is 20.2. The maximum Gasteiger partial charge on any atom is 0.229 e. The molecule has 1 atom stereocenters. The Morgan fingerprint density at radius 1 is 1.17 bits per heavy atom. The highest BCUT2D eigenvalue weighted by atomic mass is 16.3. The summed E-state index contributed by atoms with van der Waals surface area (Å²) in [5.41, 5.74) is 2.24. The second kappa shape index (κ2) is 8.54. The number of piperazine rings is 1. The van der Waals surface area contributed by atoms with Crippen molar-refractivity contribution in [3.8, 4) is 0 Å². The molecule has 3 N–H and O–H groups in total. The third-order valence-corrected chi connectivity index (χ3v) is 4.99. The Hall–Kier alpha value is -3.04. The first-order valence-electron chi connectivity index (χ1n) is 9.81. The van der Waals surface area contributed by atoms with E-state index in [9.17, 15) is 5.11 Å². The van der Waals surface area contributed by atoms with Crippen LogP contribution in [0.4, 0.5) is 17.6 Å². The SMILES string of the molecule is CC(O)N(C)c1nc(N2CCNCC2)nc2nc(NCc3ccccc3)cnc12. The minimum absolute atomic E-state index is 0.508. The Morgan fingerprint density at radius 3 is 2.66 bits per heavy atom.